The van der Waals surface area contributed by atoms with E-state index in [2.05, 4.69) is 31.8 Å². The van der Waals surface area contributed by atoms with Crippen molar-refractivity contribution >= 4 is 51.3 Å². The molecule has 0 saturated carbocycles. The number of ether oxygens (including phenoxy) is 1. The zero-order valence-corrected chi connectivity index (χ0v) is 21.6. The first-order valence-corrected chi connectivity index (χ1v) is 12.2. The molecular weight excluding hydrogens is 568 g/mol. The van der Waals surface area contributed by atoms with Crippen LogP contribution < -0.4 is 15.5 Å². The van der Waals surface area contributed by atoms with Crippen molar-refractivity contribution in [1.82, 2.24) is 5.43 Å². The van der Waals surface area contributed by atoms with Crippen LogP contribution in [0.3, 0.4) is 0 Å². The number of carbonyl (C=O) groups excluding carboxylic acids is 3. The molecule has 2 amide bonds. The van der Waals surface area contributed by atoms with Gasteiger partial charge < -0.3 is 10.1 Å². The average molecular weight is 587 g/mol. The molecule has 0 unspecified atom stereocenters. The van der Waals surface area contributed by atoms with Gasteiger partial charge in [0, 0.05) is 39.0 Å². The van der Waals surface area contributed by atoms with Gasteiger partial charge in [0.1, 0.15) is 5.75 Å². The number of non-ortho nitro benzene ring substituents is 1. The van der Waals surface area contributed by atoms with Crippen molar-refractivity contribution in [2.24, 2.45) is 5.10 Å². The quantitative estimate of drug-likeness (QED) is 0.0906. The summed E-state index contributed by atoms with van der Waals surface area (Å²) in [5, 5.41) is 17.4. The Morgan fingerprint density at radius 3 is 2.26 bits per heavy atom. The van der Waals surface area contributed by atoms with E-state index in [4.69, 9.17) is 4.74 Å². The molecule has 0 aliphatic heterocycles. The summed E-state index contributed by atoms with van der Waals surface area (Å²) in [7, 11) is 0. The van der Waals surface area contributed by atoms with E-state index in [-0.39, 0.29) is 22.6 Å². The van der Waals surface area contributed by atoms with Gasteiger partial charge in [0.05, 0.1) is 16.7 Å². The first-order chi connectivity index (χ1) is 18.8. The minimum absolute atomic E-state index is 0.130. The molecule has 0 fully saturated rings. The highest BCUT2D eigenvalue weighted by molar-refractivity contribution is 9.10. The molecule has 0 saturated heterocycles. The Hall–Kier alpha value is -5.16. The third-order valence-corrected chi connectivity index (χ3v) is 5.77. The first kappa shape index (κ1) is 26.9. The van der Waals surface area contributed by atoms with Crippen LogP contribution in [0.1, 0.15) is 36.6 Å². The van der Waals surface area contributed by atoms with E-state index in [0.29, 0.717) is 21.3 Å². The average Bonchev–Trinajstić information content (AvgIpc) is 2.95. The van der Waals surface area contributed by atoms with Crippen LogP contribution in [-0.2, 0) is 0 Å². The highest BCUT2D eigenvalue weighted by atomic mass is 79.9. The Balaban J connectivity index is 1.41. The number of nitro benzene ring substituents is 1. The number of amides is 2. The van der Waals surface area contributed by atoms with Crippen molar-refractivity contribution in [3.63, 3.8) is 0 Å². The molecule has 39 heavy (non-hydrogen) atoms. The van der Waals surface area contributed by atoms with Gasteiger partial charge in [-0.25, -0.2) is 10.2 Å². The summed E-state index contributed by atoms with van der Waals surface area (Å²) in [4.78, 5) is 47.8. The topological polar surface area (TPSA) is 140 Å². The minimum atomic E-state index is -0.555. The molecule has 4 aromatic carbocycles. The number of anilines is 1. The van der Waals surface area contributed by atoms with Gasteiger partial charge in [-0.3, -0.25) is 19.7 Å². The molecule has 4 aromatic rings. The van der Waals surface area contributed by atoms with Crippen LogP contribution >= 0.6 is 15.9 Å². The second-order valence-electron chi connectivity index (χ2n) is 7.98. The molecule has 2 N–H and O–H groups in total. The largest absolute Gasteiger partial charge is 0.422 e. The van der Waals surface area contributed by atoms with Crippen LogP contribution in [0.15, 0.2) is 107 Å². The van der Waals surface area contributed by atoms with Crippen molar-refractivity contribution in [2.45, 2.75) is 0 Å². The van der Waals surface area contributed by atoms with Crippen LogP contribution in [0.5, 0.6) is 5.75 Å². The van der Waals surface area contributed by atoms with Gasteiger partial charge in [-0.05, 0) is 60.7 Å². The number of esters is 1. The molecule has 0 spiro atoms. The number of nitrogens with one attached hydrogen (secondary N) is 2. The maximum absolute atomic E-state index is 12.7. The molecule has 0 aliphatic carbocycles. The van der Waals surface area contributed by atoms with Crippen molar-refractivity contribution in [2.75, 3.05) is 5.32 Å². The summed E-state index contributed by atoms with van der Waals surface area (Å²) in [6, 6.07) is 24.8. The monoisotopic (exact) mass is 586 g/mol. The third kappa shape index (κ3) is 7.21. The Morgan fingerprint density at radius 1 is 0.821 bits per heavy atom. The van der Waals surface area contributed by atoms with Gasteiger partial charge in [-0.2, -0.15) is 5.10 Å². The van der Waals surface area contributed by atoms with Crippen LogP contribution in [0.2, 0.25) is 0 Å². The molecule has 0 aromatic heterocycles. The van der Waals surface area contributed by atoms with Gasteiger partial charge >= 0.3 is 5.97 Å². The number of hydrogen-bond donors (Lipinski definition) is 2. The van der Waals surface area contributed by atoms with E-state index >= 15 is 0 Å². The number of benzene rings is 4. The zero-order valence-electron chi connectivity index (χ0n) is 20.0. The van der Waals surface area contributed by atoms with E-state index < -0.39 is 22.7 Å². The molecule has 0 heterocycles. The predicted octanol–water partition coefficient (Wildman–Crippen LogP) is 5.59. The predicted molar refractivity (Wildman–Crippen MR) is 148 cm³/mol. The lowest BCUT2D eigenvalue weighted by atomic mass is 10.1. The smallest absolute Gasteiger partial charge is 0.343 e. The number of hydrazone groups is 1. The number of halogens is 1. The van der Waals surface area contributed by atoms with Crippen molar-refractivity contribution in [3.05, 3.63) is 134 Å². The van der Waals surface area contributed by atoms with Gasteiger partial charge in [0.2, 0.25) is 0 Å². The Bertz CT molecular complexity index is 1570. The lowest BCUT2D eigenvalue weighted by Gasteiger charge is -2.08. The van der Waals surface area contributed by atoms with Crippen molar-refractivity contribution in [3.8, 4) is 5.75 Å². The highest BCUT2D eigenvalue weighted by Gasteiger charge is 2.13. The summed E-state index contributed by atoms with van der Waals surface area (Å²) in [6.45, 7) is 0. The third-order valence-electron chi connectivity index (χ3n) is 5.28. The summed E-state index contributed by atoms with van der Waals surface area (Å²) in [5.74, 6) is -1.33. The fraction of sp³-hybridized carbons (Fsp3) is 0. The number of carbonyl (C=O) groups is 3. The molecular formula is C28H19BrN4O6. The van der Waals surface area contributed by atoms with Gasteiger partial charge in [-0.15, -0.1) is 0 Å². The summed E-state index contributed by atoms with van der Waals surface area (Å²) in [6.07, 6.45) is 1.34. The standard InChI is InChI=1S/C28H19BrN4O6/c29-22-11-14-25(39-28(36)19-5-2-1-3-6-19)21(15-22)17-30-32-27(35)20-7-4-8-23(16-20)31-26(34)18-9-12-24(13-10-18)33(37)38/h1-17H,(H,31,34)(H,32,35). The summed E-state index contributed by atoms with van der Waals surface area (Å²) in [5.41, 5.74) is 3.89. The number of nitro groups is 1. The lowest BCUT2D eigenvalue weighted by molar-refractivity contribution is -0.384. The number of hydrogen-bond acceptors (Lipinski definition) is 7. The van der Waals surface area contributed by atoms with Gasteiger partial charge in [0.15, 0.2) is 0 Å². The second kappa shape index (κ2) is 12.4. The summed E-state index contributed by atoms with van der Waals surface area (Å²) >= 11 is 3.37. The zero-order chi connectivity index (χ0) is 27.8. The van der Waals surface area contributed by atoms with E-state index in [1.165, 1.54) is 36.5 Å². The summed E-state index contributed by atoms with van der Waals surface area (Å²) < 4.78 is 6.21. The SMILES string of the molecule is O=C(NN=Cc1cc(Br)ccc1OC(=O)c1ccccc1)c1cccc(NC(=O)c2ccc([N+](=O)[O-])cc2)c1. The molecule has 10 nitrogen and oxygen atoms in total. The van der Waals surface area contributed by atoms with E-state index in [1.807, 2.05) is 0 Å². The van der Waals surface area contributed by atoms with E-state index in [9.17, 15) is 24.5 Å². The van der Waals surface area contributed by atoms with Crippen LogP contribution in [-0.4, -0.2) is 28.9 Å². The fourth-order valence-electron chi connectivity index (χ4n) is 3.35. The van der Waals surface area contributed by atoms with Crippen molar-refractivity contribution in [1.29, 1.82) is 0 Å². The minimum Gasteiger partial charge on any atom is -0.422 e. The molecule has 4 rings (SSSR count). The highest BCUT2D eigenvalue weighted by Crippen LogP contribution is 2.23. The maximum atomic E-state index is 12.7. The number of nitrogens with zero attached hydrogens (tertiary/aromatic N) is 2. The van der Waals surface area contributed by atoms with E-state index in [1.54, 1.807) is 66.7 Å². The maximum Gasteiger partial charge on any atom is 0.343 e. The van der Waals surface area contributed by atoms with Crippen LogP contribution in [0.25, 0.3) is 0 Å². The molecule has 0 atom stereocenters. The number of rotatable bonds is 8. The lowest BCUT2D eigenvalue weighted by Crippen LogP contribution is -2.18. The van der Waals surface area contributed by atoms with Crippen LogP contribution in [0.4, 0.5) is 11.4 Å². The van der Waals surface area contributed by atoms with Gasteiger partial charge in [-0.1, -0.05) is 40.2 Å². The second-order valence-corrected chi connectivity index (χ2v) is 8.89. The van der Waals surface area contributed by atoms with Gasteiger partial charge in [0.25, 0.3) is 17.5 Å². The molecule has 0 bridgehead atoms. The molecule has 11 heteroatoms. The van der Waals surface area contributed by atoms with E-state index in [0.717, 1.165) is 0 Å². The normalized spacial score (nSPS) is 10.6. The van der Waals surface area contributed by atoms with Crippen LogP contribution in [0, 0.1) is 10.1 Å². The van der Waals surface area contributed by atoms with Crippen molar-refractivity contribution < 1.29 is 24.0 Å². The fourth-order valence-corrected chi connectivity index (χ4v) is 3.73. The Kier molecular flexibility index (Phi) is 8.54. The first-order valence-electron chi connectivity index (χ1n) is 11.4. The molecule has 194 valence electrons. The Labute approximate surface area is 230 Å². The molecule has 0 aliphatic rings. The Morgan fingerprint density at radius 2 is 1.54 bits per heavy atom. The molecule has 0 radical (unpaired) electrons.